The molecule has 0 saturated heterocycles. The third-order valence-corrected chi connectivity index (χ3v) is 5.43. The van der Waals surface area contributed by atoms with Crippen molar-refractivity contribution in [3.63, 3.8) is 0 Å². The molecule has 1 amide bonds. The zero-order chi connectivity index (χ0) is 26.4. The highest BCUT2D eigenvalue weighted by atomic mass is 19.1. The van der Waals surface area contributed by atoms with Gasteiger partial charge in [-0.1, -0.05) is 29.4 Å². The lowest BCUT2D eigenvalue weighted by Gasteiger charge is -2.22. The lowest BCUT2D eigenvalue weighted by atomic mass is 10.1. The number of hydrogen-bond acceptors (Lipinski definition) is 7. The van der Waals surface area contributed by atoms with Crippen molar-refractivity contribution in [3.8, 4) is 22.8 Å². The molecule has 1 heterocycles. The second kappa shape index (κ2) is 11.4. The maximum Gasteiger partial charge on any atom is 0.419 e. The molecule has 0 aliphatic carbocycles. The Bertz CT molecular complexity index is 1400. The number of nitrogens with zero attached hydrogens (tertiary/aromatic N) is 2. The summed E-state index contributed by atoms with van der Waals surface area (Å²) in [5.74, 6) is 0.416. The predicted molar refractivity (Wildman–Crippen MR) is 134 cm³/mol. The van der Waals surface area contributed by atoms with E-state index in [1.165, 1.54) is 25.3 Å². The van der Waals surface area contributed by atoms with E-state index in [0.29, 0.717) is 22.8 Å². The van der Waals surface area contributed by atoms with Crippen LogP contribution in [0.4, 0.5) is 20.6 Å². The normalized spacial score (nSPS) is 10.6. The summed E-state index contributed by atoms with van der Waals surface area (Å²) in [5.41, 5.74) is 2.02. The SMILES string of the molecule is CCOC(=O)N(c1ccccc1F)c1c(C)noc1-c1ccc(Oc2cccc(CC(=O)OC)c2)cc1. The van der Waals surface area contributed by atoms with E-state index in [2.05, 4.69) is 5.16 Å². The Morgan fingerprint density at radius 2 is 1.76 bits per heavy atom. The number of hydrogen-bond donors (Lipinski definition) is 0. The molecule has 1 aromatic heterocycles. The molecule has 0 atom stereocenters. The van der Waals surface area contributed by atoms with Gasteiger partial charge in [0, 0.05) is 5.56 Å². The summed E-state index contributed by atoms with van der Waals surface area (Å²) in [5, 5.41) is 4.03. The minimum absolute atomic E-state index is 0.0142. The Morgan fingerprint density at radius 1 is 1.00 bits per heavy atom. The largest absolute Gasteiger partial charge is 0.469 e. The summed E-state index contributed by atoms with van der Waals surface area (Å²) in [6, 6.07) is 20.0. The first-order valence-electron chi connectivity index (χ1n) is 11.5. The van der Waals surface area contributed by atoms with Crippen LogP contribution in [0.25, 0.3) is 11.3 Å². The fourth-order valence-electron chi connectivity index (χ4n) is 3.72. The van der Waals surface area contributed by atoms with E-state index in [1.807, 2.05) is 6.07 Å². The number of aryl methyl sites for hydroxylation is 1. The van der Waals surface area contributed by atoms with Crippen molar-refractivity contribution >= 4 is 23.4 Å². The fraction of sp³-hybridized carbons (Fsp3) is 0.179. The van der Waals surface area contributed by atoms with Crippen LogP contribution in [0.1, 0.15) is 18.2 Å². The molecule has 9 heteroatoms. The van der Waals surface area contributed by atoms with Crippen molar-refractivity contribution in [2.75, 3.05) is 18.6 Å². The van der Waals surface area contributed by atoms with Crippen LogP contribution in [0.3, 0.4) is 0 Å². The molecule has 0 unspecified atom stereocenters. The summed E-state index contributed by atoms with van der Waals surface area (Å²) in [4.78, 5) is 25.6. The van der Waals surface area contributed by atoms with Crippen LogP contribution in [0.15, 0.2) is 77.3 Å². The van der Waals surface area contributed by atoms with Crippen LogP contribution in [0, 0.1) is 12.7 Å². The fourth-order valence-corrected chi connectivity index (χ4v) is 3.72. The number of aromatic nitrogens is 1. The van der Waals surface area contributed by atoms with E-state index in [4.69, 9.17) is 18.7 Å². The van der Waals surface area contributed by atoms with E-state index in [1.54, 1.807) is 62.4 Å². The van der Waals surface area contributed by atoms with Crippen LogP contribution in [0.5, 0.6) is 11.5 Å². The lowest BCUT2D eigenvalue weighted by molar-refractivity contribution is -0.139. The average molecular weight is 505 g/mol. The topological polar surface area (TPSA) is 91.1 Å². The van der Waals surface area contributed by atoms with Gasteiger partial charge in [0.2, 0.25) is 0 Å². The molecule has 0 saturated carbocycles. The van der Waals surface area contributed by atoms with Crippen LogP contribution in [-0.2, 0) is 20.7 Å². The van der Waals surface area contributed by atoms with Crippen molar-refractivity contribution in [3.05, 3.63) is 89.9 Å². The second-order valence-corrected chi connectivity index (χ2v) is 7.96. The highest BCUT2D eigenvalue weighted by molar-refractivity contribution is 6.00. The highest BCUT2D eigenvalue weighted by Crippen LogP contribution is 2.40. The lowest BCUT2D eigenvalue weighted by Crippen LogP contribution is -2.28. The second-order valence-electron chi connectivity index (χ2n) is 7.96. The predicted octanol–water partition coefficient (Wildman–Crippen LogP) is 6.59. The number of carbonyl (C=O) groups is 2. The quantitative estimate of drug-likeness (QED) is 0.250. The number of halogens is 1. The van der Waals surface area contributed by atoms with Crippen LogP contribution in [0.2, 0.25) is 0 Å². The van der Waals surface area contributed by atoms with E-state index < -0.39 is 11.9 Å². The van der Waals surface area contributed by atoms with Gasteiger partial charge in [-0.3, -0.25) is 4.79 Å². The summed E-state index contributed by atoms with van der Waals surface area (Å²) < 4.78 is 36.2. The van der Waals surface area contributed by atoms with Gasteiger partial charge in [-0.25, -0.2) is 14.1 Å². The minimum atomic E-state index is -0.757. The Kier molecular flexibility index (Phi) is 7.83. The number of amides is 1. The number of anilines is 2. The zero-order valence-electron chi connectivity index (χ0n) is 20.6. The van der Waals surface area contributed by atoms with Gasteiger partial charge < -0.3 is 18.7 Å². The third kappa shape index (κ3) is 5.78. The molecule has 3 aromatic carbocycles. The first-order valence-corrected chi connectivity index (χ1v) is 11.5. The van der Waals surface area contributed by atoms with Crippen LogP contribution < -0.4 is 9.64 Å². The number of methoxy groups -OCH3 is 1. The molecule has 190 valence electrons. The summed E-state index contributed by atoms with van der Waals surface area (Å²) in [6.45, 7) is 3.44. The number of para-hydroxylation sites is 1. The molecular formula is C28H25FN2O6. The van der Waals surface area contributed by atoms with Gasteiger partial charge >= 0.3 is 12.1 Å². The number of ether oxygens (including phenoxy) is 3. The summed E-state index contributed by atoms with van der Waals surface area (Å²) in [7, 11) is 1.34. The monoisotopic (exact) mass is 504 g/mol. The van der Waals surface area contributed by atoms with Crippen molar-refractivity contribution < 1.29 is 32.7 Å². The van der Waals surface area contributed by atoms with E-state index in [-0.39, 0.29) is 36.1 Å². The molecule has 37 heavy (non-hydrogen) atoms. The van der Waals surface area contributed by atoms with Gasteiger partial charge in [0.25, 0.3) is 0 Å². The van der Waals surface area contributed by atoms with Crippen molar-refractivity contribution in [1.82, 2.24) is 5.16 Å². The smallest absolute Gasteiger partial charge is 0.419 e. The van der Waals surface area contributed by atoms with Gasteiger partial charge in [0.05, 0.1) is 25.8 Å². The third-order valence-electron chi connectivity index (χ3n) is 5.43. The molecule has 0 aliphatic rings. The summed E-state index contributed by atoms with van der Waals surface area (Å²) >= 11 is 0. The van der Waals surface area contributed by atoms with Crippen LogP contribution in [-0.4, -0.2) is 30.9 Å². The highest BCUT2D eigenvalue weighted by Gasteiger charge is 2.30. The standard InChI is InChI=1S/C28H25FN2O6/c1-4-35-28(33)31(24-11-6-5-10-23(24)29)26-18(2)30-37-27(26)20-12-14-21(15-13-20)36-22-9-7-8-19(16-22)17-25(32)34-3/h5-16H,4,17H2,1-3H3. The Labute approximate surface area is 213 Å². The number of esters is 1. The molecule has 0 fully saturated rings. The molecule has 0 aliphatic heterocycles. The van der Waals surface area contributed by atoms with Crippen molar-refractivity contribution in [1.29, 1.82) is 0 Å². The van der Waals surface area contributed by atoms with Gasteiger partial charge in [-0.05, 0) is 67.9 Å². The van der Waals surface area contributed by atoms with Crippen molar-refractivity contribution in [2.45, 2.75) is 20.3 Å². The number of carbonyl (C=O) groups excluding carboxylic acids is 2. The average Bonchev–Trinajstić information content (AvgIpc) is 3.27. The maximum absolute atomic E-state index is 14.7. The molecule has 4 aromatic rings. The molecular weight excluding hydrogens is 479 g/mol. The molecule has 0 N–H and O–H groups in total. The van der Waals surface area contributed by atoms with Gasteiger partial charge in [0.15, 0.2) is 5.76 Å². The Morgan fingerprint density at radius 3 is 2.46 bits per heavy atom. The summed E-state index contributed by atoms with van der Waals surface area (Å²) in [6.07, 6.45) is -0.619. The molecule has 0 spiro atoms. The van der Waals surface area contributed by atoms with Crippen molar-refractivity contribution in [2.24, 2.45) is 0 Å². The van der Waals surface area contributed by atoms with E-state index >= 15 is 0 Å². The molecule has 4 rings (SSSR count). The molecule has 0 bridgehead atoms. The van der Waals surface area contributed by atoms with Gasteiger partial charge in [-0.2, -0.15) is 0 Å². The number of rotatable bonds is 8. The number of benzene rings is 3. The molecule has 0 radical (unpaired) electrons. The zero-order valence-corrected chi connectivity index (χ0v) is 20.6. The first kappa shape index (κ1) is 25.4. The van der Waals surface area contributed by atoms with Gasteiger partial charge in [-0.15, -0.1) is 0 Å². The molecule has 8 nitrogen and oxygen atoms in total. The first-order chi connectivity index (χ1) is 17.9. The Balaban J connectivity index is 1.64. The van der Waals surface area contributed by atoms with Crippen LogP contribution >= 0.6 is 0 Å². The minimum Gasteiger partial charge on any atom is -0.469 e. The van der Waals surface area contributed by atoms with E-state index in [0.717, 1.165) is 10.5 Å². The Hall–Kier alpha value is -4.66. The maximum atomic E-state index is 14.7. The van der Waals surface area contributed by atoms with Gasteiger partial charge in [0.1, 0.15) is 28.7 Å². The van der Waals surface area contributed by atoms with E-state index in [9.17, 15) is 14.0 Å².